The third-order valence-electron chi connectivity index (χ3n) is 4.23. The topological polar surface area (TPSA) is 63.2 Å². The van der Waals surface area contributed by atoms with Crippen LogP contribution in [0.15, 0.2) is 73.1 Å². The summed E-state index contributed by atoms with van der Waals surface area (Å²) >= 11 is 0. The van der Waals surface area contributed by atoms with E-state index in [9.17, 15) is 4.79 Å². The van der Waals surface area contributed by atoms with Crippen molar-refractivity contribution >= 4 is 17.3 Å². The summed E-state index contributed by atoms with van der Waals surface area (Å²) in [5.74, 6) is 0.714. The number of aromatic nitrogens is 1. The Hall–Kier alpha value is -3.34. The summed E-state index contributed by atoms with van der Waals surface area (Å²) in [6, 6.07) is 19.7. The highest BCUT2D eigenvalue weighted by Crippen LogP contribution is 2.20. The van der Waals surface area contributed by atoms with E-state index in [1.807, 2.05) is 49.4 Å². The fourth-order valence-electron chi connectivity index (χ4n) is 2.84. The fraction of sp³-hybridized carbons (Fsp3) is 0.217. The van der Waals surface area contributed by atoms with Crippen LogP contribution in [0.25, 0.3) is 0 Å². The Morgan fingerprint density at radius 1 is 1.00 bits per heavy atom. The predicted octanol–water partition coefficient (Wildman–Crippen LogP) is 4.59. The molecule has 2 N–H and O–H groups in total. The predicted molar refractivity (Wildman–Crippen MR) is 112 cm³/mol. The molecule has 28 heavy (non-hydrogen) atoms. The molecule has 0 bridgehead atoms. The van der Waals surface area contributed by atoms with Crippen LogP contribution in [-0.4, -0.2) is 24.0 Å². The normalized spacial score (nSPS) is 10.3. The fourth-order valence-corrected chi connectivity index (χ4v) is 2.84. The lowest BCUT2D eigenvalue weighted by Crippen LogP contribution is -2.25. The van der Waals surface area contributed by atoms with Crippen molar-refractivity contribution in [3.63, 3.8) is 0 Å². The SMILES string of the molecule is CCOc1ccc(Nc2cncc(C(=O)NCCCc3ccccc3)c2)cc1. The van der Waals surface area contributed by atoms with E-state index in [1.54, 1.807) is 18.5 Å². The highest BCUT2D eigenvalue weighted by atomic mass is 16.5. The average Bonchev–Trinajstić information content (AvgIpc) is 2.74. The van der Waals surface area contributed by atoms with Crippen molar-refractivity contribution < 1.29 is 9.53 Å². The lowest BCUT2D eigenvalue weighted by molar-refractivity contribution is 0.0953. The molecule has 0 spiro atoms. The number of aryl methyl sites for hydroxylation is 1. The quantitative estimate of drug-likeness (QED) is 0.537. The zero-order valence-corrected chi connectivity index (χ0v) is 16.0. The highest BCUT2D eigenvalue weighted by molar-refractivity contribution is 5.94. The molecule has 0 saturated heterocycles. The van der Waals surface area contributed by atoms with E-state index >= 15 is 0 Å². The number of rotatable bonds is 9. The Balaban J connectivity index is 1.51. The van der Waals surface area contributed by atoms with Crippen molar-refractivity contribution in [1.29, 1.82) is 0 Å². The largest absolute Gasteiger partial charge is 0.494 e. The molecule has 0 radical (unpaired) electrons. The Bertz CT molecular complexity index is 880. The summed E-state index contributed by atoms with van der Waals surface area (Å²) < 4.78 is 5.44. The molecule has 0 aliphatic heterocycles. The van der Waals surface area contributed by atoms with Gasteiger partial charge in [-0.2, -0.15) is 0 Å². The van der Waals surface area contributed by atoms with Gasteiger partial charge in [0.05, 0.1) is 24.1 Å². The van der Waals surface area contributed by atoms with Crippen LogP contribution < -0.4 is 15.4 Å². The summed E-state index contributed by atoms with van der Waals surface area (Å²) in [7, 11) is 0. The Morgan fingerprint density at radius 3 is 2.54 bits per heavy atom. The van der Waals surface area contributed by atoms with Crippen LogP contribution in [0.2, 0.25) is 0 Å². The summed E-state index contributed by atoms with van der Waals surface area (Å²) in [5.41, 5.74) is 3.49. The molecule has 1 heterocycles. The molecular weight excluding hydrogens is 350 g/mol. The number of hydrogen-bond acceptors (Lipinski definition) is 4. The zero-order chi connectivity index (χ0) is 19.6. The second kappa shape index (κ2) is 10.1. The van der Waals surface area contributed by atoms with Crippen LogP contribution in [0.5, 0.6) is 5.75 Å². The van der Waals surface area contributed by atoms with E-state index in [4.69, 9.17) is 4.74 Å². The van der Waals surface area contributed by atoms with Gasteiger partial charge in [-0.15, -0.1) is 0 Å². The minimum absolute atomic E-state index is 0.115. The van der Waals surface area contributed by atoms with Gasteiger partial charge < -0.3 is 15.4 Å². The molecule has 0 aliphatic carbocycles. The van der Waals surface area contributed by atoms with Crippen LogP contribution in [-0.2, 0) is 6.42 Å². The van der Waals surface area contributed by atoms with Gasteiger partial charge in [0, 0.05) is 18.4 Å². The van der Waals surface area contributed by atoms with E-state index in [1.165, 1.54) is 5.56 Å². The van der Waals surface area contributed by atoms with Gasteiger partial charge in [0.25, 0.3) is 5.91 Å². The van der Waals surface area contributed by atoms with Crippen LogP contribution >= 0.6 is 0 Å². The van der Waals surface area contributed by atoms with Crippen molar-refractivity contribution in [3.05, 3.63) is 84.2 Å². The number of nitrogens with zero attached hydrogens (tertiary/aromatic N) is 1. The van der Waals surface area contributed by atoms with E-state index < -0.39 is 0 Å². The number of hydrogen-bond donors (Lipinski definition) is 2. The molecule has 1 aromatic heterocycles. The van der Waals surface area contributed by atoms with Crippen molar-refractivity contribution in [1.82, 2.24) is 10.3 Å². The summed E-state index contributed by atoms with van der Waals surface area (Å²) in [6.07, 6.45) is 5.12. The van der Waals surface area contributed by atoms with Crippen LogP contribution in [0.4, 0.5) is 11.4 Å². The number of nitrogens with one attached hydrogen (secondary N) is 2. The Morgan fingerprint density at radius 2 is 1.79 bits per heavy atom. The van der Waals surface area contributed by atoms with Gasteiger partial charge in [0.1, 0.15) is 5.75 Å². The molecule has 0 unspecified atom stereocenters. The second-order valence-electron chi connectivity index (χ2n) is 6.39. The molecule has 2 aromatic carbocycles. The van der Waals surface area contributed by atoms with Gasteiger partial charge in [-0.05, 0) is 55.7 Å². The first kappa shape index (κ1) is 19.4. The lowest BCUT2D eigenvalue weighted by atomic mass is 10.1. The zero-order valence-electron chi connectivity index (χ0n) is 16.0. The van der Waals surface area contributed by atoms with Gasteiger partial charge >= 0.3 is 0 Å². The molecule has 5 nitrogen and oxygen atoms in total. The summed E-state index contributed by atoms with van der Waals surface area (Å²) in [6.45, 7) is 3.22. The molecule has 0 atom stereocenters. The average molecular weight is 375 g/mol. The maximum atomic E-state index is 12.4. The number of ether oxygens (including phenoxy) is 1. The number of carbonyl (C=O) groups excluding carboxylic acids is 1. The highest BCUT2D eigenvalue weighted by Gasteiger charge is 2.07. The van der Waals surface area contributed by atoms with Crippen LogP contribution in [0.3, 0.4) is 0 Å². The van der Waals surface area contributed by atoms with Gasteiger partial charge in [-0.25, -0.2) is 0 Å². The van der Waals surface area contributed by atoms with Crippen LogP contribution in [0.1, 0.15) is 29.3 Å². The molecular formula is C23H25N3O2. The second-order valence-corrected chi connectivity index (χ2v) is 6.39. The minimum atomic E-state index is -0.115. The van der Waals surface area contributed by atoms with E-state index in [-0.39, 0.29) is 5.91 Å². The summed E-state index contributed by atoms with van der Waals surface area (Å²) in [5, 5.41) is 6.22. The van der Waals surface area contributed by atoms with E-state index in [0.29, 0.717) is 18.7 Å². The molecule has 0 saturated carbocycles. The molecule has 144 valence electrons. The van der Waals surface area contributed by atoms with Gasteiger partial charge in [-0.1, -0.05) is 30.3 Å². The smallest absolute Gasteiger partial charge is 0.252 e. The minimum Gasteiger partial charge on any atom is -0.494 e. The molecule has 3 aromatic rings. The van der Waals surface area contributed by atoms with Crippen molar-refractivity contribution in [2.75, 3.05) is 18.5 Å². The van der Waals surface area contributed by atoms with E-state index in [0.717, 1.165) is 30.0 Å². The third-order valence-corrected chi connectivity index (χ3v) is 4.23. The Kier molecular flexibility index (Phi) is 7.01. The molecule has 1 amide bonds. The molecule has 3 rings (SSSR count). The number of amides is 1. The third kappa shape index (κ3) is 5.84. The number of carbonyl (C=O) groups is 1. The van der Waals surface area contributed by atoms with Crippen molar-refractivity contribution in [3.8, 4) is 5.75 Å². The maximum Gasteiger partial charge on any atom is 0.252 e. The first-order valence-corrected chi connectivity index (χ1v) is 9.51. The molecule has 5 heteroatoms. The number of benzene rings is 2. The van der Waals surface area contributed by atoms with Gasteiger partial charge in [-0.3, -0.25) is 9.78 Å². The molecule has 0 fully saturated rings. The van der Waals surface area contributed by atoms with Crippen molar-refractivity contribution in [2.24, 2.45) is 0 Å². The monoisotopic (exact) mass is 375 g/mol. The maximum absolute atomic E-state index is 12.4. The van der Waals surface area contributed by atoms with Gasteiger partial charge in [0.15, 0.2) is 0 Å². The van der Waals surface area contributed by atoms with Crippen LogP contribution in [0, 0.1) is 0 Å². The van der Waals surface area contributed by atoms with Gasteiger partial charge in [0.2, 0.25) is 0 Å². The molecule has 0 aliphatic rings. The first-order chi connectivity index (χ1) is 13.7. The number of anilines is 2. The van der Waals surface area contributed by atoms with E-state index in [2.05, 4.69) is 27.8 Å². The first-order valence-electron chi connectivity index (χ1n) is 9.51. The summed E-state index contributed by atoms with van der Waals surface area (Å²) in [4.78, 5) is 16.6. The number of pyridine rings is 1. The standard InChI is InChI=1S/C23H25N3O2/c1-2-28-22-12-10-20(11-13-22)26-21-15-19(16-24-17-21)23(27)25-14-6-9-18-7-4-3-5-8-18/h3-5,7-8,10-13,15-17,26H,2,6,9,14H2,1H3,(H,25,27). The Labute approximate surface area is 165 Å². The lowest BCUT2D eigenvalue weighted by Gasteiger charge is -2.10. The van der Waals surface area contributed by atoms with Crippen molar-refractivity contribution in [2.45, 2.75) is 19.8 Å².